The normalized spacial score (nSPS) is 16.9. The summed E-state index contributed by atoms with van der Waals surface area (Å²) in [6, 6.07) is 15.2. The Bertz CT molecular complexity index is 1930. The Kier molecular flexibility index (Phi) is 8.84. The van der Waals surface area contributed by atoms with E-state index in [0.29, 0.717) is 48.2 Å². The van der Waals surface area contributed by atoms with Gasteiger partial charge in [-0.2, -0.15) is 0 Å². The lowest BCUT2D eigenvalue weighted by atomic mass is 9.85. The lowest BCUT2D eigenvalue weighted by Gasteiger charge is -2.40. The molecule has 7 rings (SSSR count). The number of furan rings is 1. The van der Waals surface area contributed by atoms with Crippen LogP contribution >= 0.6 is 11.3 Å². The average Bonchev–Trinajstić information content (AvgIpc) is 3.89. The van der Waals surface area contributed by atoms with Crippen LogP contribution in [0.4, 0.5) is 5.69 Å². The molecule has 3 aromatic heterocycles. The molecule has 5 aromatic rings. The van der Waals surface area contributed by atoms with Crippen LogP contribution in [0, 0.1) is 0 Å². The van der Waals surface area contributed by atoms with E-state index < -0.39 is 11.4 Å². The Labute approximate surface area is 282 Å². The van der Waals surface area contributed by atoms with E-state index in [1.807, 2.05) is 36.4 Å². The SMILES string of the molecule is CCN1CCC(NC(=O)c2ccc3c(c2)nc(-c2ccoc2)n3C2CCCCC2)(C(=O)Nc2ccc(-c3nc(C(N)=O)cs3)cc2)CC1. The molecular weight excluding hydrogens is 627 g/mol. The summed E-state index contributed by atoms with van der Waals surface area (Å²) in [5, 5.41) is 8.50. The molecule has 0 radical (unpaired) electrons. The Morgan fingerprint density at radius 1 is 1.00 bits per heavy atom. The monoisotopic (exact) mass is 665 g/mol. The Balaban J connectivity index is 1.14. The van der Waals surface area contributed by atoms with Crippen LogP contribution in [0.5, 0.6) is 0 Å². The highest BCUT2D eigenvalue weighted by Gasteiger charge is 2.43. The zero-order chi connectivity index (χ0) is 33.3. The first kappa shape index (κ1) is 31.8. The number of aromatic nitrogens is 3. The van der Waals surface area contributed by atoms with E-state index in [4.69, 9.17) is 15.1 Å². The lowest BCUT2D eigenvalue weighted by molar-refractivity contribution is -0.124. The van der Waals surface area contributed by atoms with E-state index in [1.54, 1.807) is 30.0 Å². The molecule has 1 aliphatic carbocycles. The number of nitrogens with two attached hydrogens (primary N) is 1. The summed E-state index contributed by atoms with van der Waals surface area (Å²) in [6.45, 7) is 4.35. The number of hydrogen-bond donors (Lipinski definition) is 3. The number of piperidine rings is 1. The molecule has 2 aromatic carbocycles. The van der Waals surface area contributed by atoms with Crippen molar-refractivity contribution in [1.29, 1.82) is 0 Å². The molecule has 1 saturated carbocycles. The fourth-order valence-corrected chi connectivity index (χ4v) is 7.78. The molecule has 0 bridgehead atoms. The zero-order valence-electron chi connectivity index (χ0n) is 26.9. The molecule has 2 aliphatic rings. The minimum absolute atomic E-state index is 0.221. The molecule has 2 fully saturated rings. The van der Waals surface area contributed by atoms with Crippen LogP contribution < -0.4 is 16.4 Å². The third-order valence-corrected chi connectivity index (χ3v) is 10.7. The standard InChI is InChI=1S/C36H39N7O4S/c1-2-42-17-15-36(16-18-42,35(46)38-26-11-8-23(9-12-26)34-40-29(22-48-34)31(37)44)41-33(45)24-10-13-30-28(20-24)39-32(25-14-19-47-21-25)43(30)27-6-4-3-5-7-27/h8-14,19-22,27H,2-7,15-18H2,1H3,(H2,37,44)(H,38,46)(H,41,45). The van der Waals surface area contributed by atoms with Gasteiger partial charge in [-0.3, -0.25) is 14.4 Å². The maximum absolute atomic E-state index is 14.0. The fourth-order valence-electron chi connectivity index (χ4n) is 6.96. The van der Waals surface area contributed by atoms with Gasteiger partial charge < -0.3 is 30.3 Å². The van der Waals surface area contributed by atoms with E-state index in [2.05, 4.69) is 32.0 Å². The van der Waals surface area contributed by atoms with Crippen molar-refractivity contribution in [1.82, 2.24) is 24.8 Å². The Morgan fingerprint density at radius 2 is 1.77 bits per heavy atom. The smallest absolute Gasteiger partial charge is 0.268 e. The van der Waals surface area contributed by atoms with Crippen molar-refractivity contribution in [2.45, 2.75) is 63.5 Å². The van der Waals surface area contributed by atoms with E-state index in [-0.39, 0.29) is 17.5 Å². The number of thiazole rings is 1. The second-order valence-corrected chi connectivity index (χ2v) is 13.6. The molecular formula is C36H39N7O4S. The second-order valence-electron chi connectivity index (χ2n) is 12.7. The van der Waals surface area contributed by atoms with Crippen molar-refractivity contribution in [3.8, 4) is 22.0 Å². The highest BCUT2D eigenvalue weighted by atomic mass is 32.1. The number of anilines is 1. The molecule has 4 N–H and O–H groups in total. The van der Waals surface area contributed by atoms with Gasteiger partial charge in [0.05, 0.1) is 22.9 Å². The quantitative estimate of drug-likeness (QED) is 0.169. The number of amides is 3. The number of likely N-dealkylation sites (tertiary alicyclic amines) is 1. The number of nitrogens with one attached hydrogen (secondary N) is 2. The van der Waals surface area contributed by atoms with Crippen molar-refractivity contribution >= 4 is 45.8 Å². The highest BCUT2D eigenvalue weighted by molar-refractivity contribution is 7.13. The topological polar surface area (TPSA) is 148 Å². The molecule has 0 unspecified atom stereocenters. The first-order chi connectivity index (χ1) is 23.3. The number of imidazole rings is 1. The lowest BCUT2D eigenvalue weighted by Crippen LogP contribution is -2.61. The average molecular weight is 666 g/mol. The van der Waals surface area contributed by atoms with Crippen LogP contribution in [-0.4, -0.2) is 62.3 Å². The van der Waals surface area contributed by atoms with Crippen LogP contribution in [0.25, 0.3) is 33.0 Å². The van der Waals surface area contributed by atoms with Gasteiger partial charge >= 0.3 is 0 Å². The third kappa shape index (κ3) is 6.25. The first-order valence-electron chi connectivity index (χ1n) is 16.6. The Morgan fingerprint density at radius 3 is 2.44 bits per heavy atom. The predicted molar refractivity (Wildman–Crippen MR) is 186 cm³/mol. The maximum Gasteiger partial charge on any atom is 0.268 e. The van der Waals surface area contributed by atoms with Gasteiger partial charge in [-0.05, 0) is 80.8 Å². The Hall–Kier alpha value is -4.81. The molecule has 1 saturated heterocycles. The van der Waals surface area contributed by atoms with Gasteiger partial charge in [-0.25, -0.2) is 9.97 Å². The molecule has 0 atom stereocenters. The largest absolute Gasteiger partial charge is 0.472 e. The van der Waals surface area contributed by atoms with Crippen LogP contribution in [0.2, 0.25) is 0 Å². The van der Waals surface area contributed by atoms with Gasteiger partial charge in [-0.15, -0.1) is 11.3 Å². The van der Waals surface area contributed by atoms with Crippen LogP contribution in [-0.2, 0) is 4.79 Å². The van der Waals surface area contributed by atoms with Gasteiger partial charge in [-0.1, -0.05) is 26.2 Å². The minimum Gasteiger partial charge on any atom is -0.472 e. The van der Waals surface area contributed by atoms with E-state index in [9.17, 15) is 14.4 Å². The van der Waals surface area contributed by atoms with Crippen molar-refractivity contribution in [2.24, 2.45) is 5.73 Å². The molecule has 248 valence electrons. The summed E-state index contributed by atoms with van der Waals surface area (Å²) < 4.78 is 7.72. The molecule has 4 heterocycles. The maximum atomic E-state index is 14.0. The summed E-state index contributed by atoms with van der Waals surface area (Å²) in [5.41, 5.74) is 9.00. The minimum atomic E-state index is -1.09. The molecule has 3 amide bonds. The van der Waals surface area contributed by atoms with Gasteiger partial charge in [0.2, 0.25) is 5.91 Å². The first-order valence-corrected chi connectivity index (χ1v) is 17.5. The zero-order valence-corrected chi connectivity index (χ0v) is 27.7. The van der Waals surface area contributed by atoms with Gasteiger partial charge in [0, 0.05) is 41.3 Å². The summed E-state index contributed by atoms with van der Waals surface area (Å²) in [5.74, 6) is -0.288. The van der Waals surface area contributed by atoms with E-state index in [0.717, 1.165) is 47.4 Å². The molecule has 1 aliphatic heterocycles. The number of primary amides is 1. The van der Waals surface area contributed by atoms with Crippen molar-refractivity contribution < 1.29 is 18.8 Å². The van der Waals surface area contributed by atoms with Crippen LogP contribution in [0.15, 0.2) is 70.9 Å². The number of fused-ring (bicyclic) bond motifs is 1. The van der Waals surface area contributed by atoms with Crippen LogP contribution in [0.3, 0.4) is 0 Å². The second kappa shape index (κ2) is 13.4. The molecule has 11 nitrogen and oxygen atoms in total. The summed E-state index contributed by atoms with van der Waals surface area (Å²) in [7, 11) is 0. The van der Waals surface area contributed by atoms with Crippen molar-refractivity contribution in [2.75, 3.05) is 25.0 Å². The molecule has 12 heteroatoms. The summed E-state index contributed by atoms with van der Waals surface area (Å²) in [4.78, 5) is 51.0. The van der Waals surface area contributed by atoms with Crippen molar-refractivity contribution in [3.05, 3.63) is 77.7 Å². The fraction of sp³-hybridized carbons (Fsp3) is 0.361. The molecule has 0 spiro atoms. The highest BCUT2D eigenvalue weighted by Crippen LogP contribution is 2.36. The summed E-state index contributed by atoms with van der Waals surface area (Å²) in [6.07, 6.45) is 10.1. The number of carbonyl (C=O) groups excluding carboxylic acids is 3. The van der Waals surface area contributed by atoms with Gasteiger partial charge in [0.25, 0.3) is 11.8 Å². The number of benzene rings is 2. The van der Waals surface area contributed by atoms with E-state index in [1.165, 1.54) is 30.6 Å². The number of nitrogens with zero attached hydrogens (tertiary/aromatic N) is 4. The van der Waals surface area contributed by atoms with Crippen LogP contribution in [0.1, 0.15) is 78.8 Å². The van der Waals surface area contributed by atoms with Crippen molar-refractivity contribution in [3.63, 3.8) is 0 Å². The van der Waals surface area contributed by atoms with Gasteiger partial charge in [0.15, 0.2) is 0 Å². The van der Waals surface area contributed by atoms with Gasteiger partial charge in [0.1, 0.15) is 28.3 Å². The van der Waals surface area contributed by atoms with E-state index >= 15 is 0 Å². The number of carbonyl (C=O) groups is 3. The molecule has 48 heavy (non-hydrogen) atoms. The number of hydrogen-bond acceptors (Lipinski definition) is 8. The predicted octanol–water partition coefficient (Wildman–Crippen LogP) is 6.25. The third-order valence-electron chi connectivity index (χ3n) is 9.76. The summed E-state index contributed by atoms with van der Waals surface area (Å²) >= 11 is 1.33. The number of rotatable bonds is 9.